The van der Waals surface area contributed by atoms with Gasteiger partial charge in [-0.3, -0.25) is 4.90 Å². The minimum atomic E-state index is 0.674. The van der Waals surface area contributed by atoms with E-state index in [0.29, 0.717) is 5.92 Å². The number of benzene rings is 1. The van der Waals surface area contributed by atoms with Gasteiger partial charge in [0.05, 0.1) is 6.54 Å². The Morgan fingerprint density at radius 3 is 2.76 bits per heavy atom. The van der Waals surface area contributed by atoms with Crippen LogP contribution >= 0.6 is 0 Å². The quantitative estimate of drug-likeness (QED) is 0.840. The van der Waals surface area contributed by atoms with E-state index in [9.17, 15) is 0 Å². The van der Waals surface area contributed by atoms with Gasteiger partial charge in [0, 0.05) is 30.1 Å². The van der Waals surface area contributed by atoms with Crippen molar-refractivity contribution in [3.8, 4) is 0 Å². The molecule has 0 saturated heterocycles. The molecule has 1 aromatic heterocycles. The van der Waals surface area contributed by atoms with Gasteiger partial charge in [-0.1, -0.05) is 32.0 Å². The van der Waals surface area contributed by atoms with Crippen LogP contribution in [0.2, 0.25) is 0 Å². The van der Waals surface area contributed by atoms with Crippen LogP contribution in [-0.2, 0) is 13.1 Å². The first kappa shape index (κ1) is 14.6. The van der Waals surface area contributed by atoms with E-state index in [1.54, 1.807) is 0 Å². The minimum absolute atomic E-state index is 0.674. The molecule has 0 atom stereocenters. The molecule has 1 fully saturated rings. The number of nitrogens with zero attached hydrogens (tertiary/aromatic N) is 1. The van der Waals surface area contributed by atoms with Crippen LogP contribution in [0, 0.1) is 5.92 Å². The molecule has 114 valence electrons. The number of para-hydroxylation sites is 1. The SMILES string of the molecule is CC(C)CN(C)Cc1oc2ccccc2c1CNC1CC1. The van der Waals surface area contributed by atoms with Gasteiger partial charge in [-0.05, 0) is 31.9 Å². The smallest absolute Gasteiger partial charge is 0.134 e. The second-order valence-electron chi connectivity index (χ2n) is 6.75. The predicted octanol–water partition coefficient (Wildman–Crippen LogP) is 3.77. The predicted molar refractivity (Wildman–Crippen MR) is 87.2 cm³/mol. The highest BCUT2D eigenvalue weighted by Crippen LogP contribution is 2.28. The van der Waals surface area contributed by atoms with Crippen molar-refractivity contribution >= 4 is 11.0 Å². The fraction of sp³-hybridized carbons (Fsp3) is 0.556. The van der Waals surface area contributed by atoms with Gasteiger partial charge in [0.1, 0.15) is 11.3 Å². The van der Waals surface area contributed by atoms with E-state index in [0.717, 1.165) is 37.0 Å². The molecule has 21 heavy (non-hydrogen) atoms. The van der Waals surface area contributed by atoms with Gasteiger partial charge in [0.25, 0.3) is 0 Å². The number of nitrogens with one attached hydrogen (secondary N) is 1. The van der Waals surface area contributed by atoms with Gasteiger partial charge in [-0.2, -0.15) is 0 Å². The lowest BCUT2D eigenvalue weighted by Crippen LogP contribution is -2.24. The summed E-state index contributed by atoms with van der Waals surface area (Å²) in [5.41, 5.74) is 2.35. The van der Waals surface area contributed by atoms with E-state index in [1.165, 1.54) is 23.8 Å². The van der Waals surface area contributed by atoms with Crippen molar-refractivity contribution in [2.45, 2.75) is 45.8 Å². The summed E-state index contributed by atoms with van der Waals surface area (Å²) in [6, 6.07) is 9.11. The van der Waals surface area contributed by atoms with Crippen molar-refractivity contribution in [3.63, 3.8) is 0 Å². The molecule has 1 aliphatic rings. The van der Waals surface area contributed by atoms with Gasteiger partial charge < -0.3 is 9.73 Å². The molecule has 3 heteroatoms. The Labute approximate surface area is 127 Å². The van der Waals surface area contributed by atoms with E-state index in [2.05, 4.69) is 49.3 Å². The zero-order valence-electron chi connectivity index (χ0n) is 13.4. The first-order valence-corrected chi connectivity index (χ1v) is 8.04. The van der Waals surface area contributed by atoms with E-state index in [-0.39, 0.29) is 0 Å². The van der Waals surface area contributed by atoms with Gasteiger partial charge in [-0.25, -0.2) is 0 Å². The zero-order valence-corrected chi connectivity index (χ0v) is 13.4. The highest BCUT2D eigenvalue weighted by molar-refractivity contribution is 5.82. The number of hydrogen-bond acceptors (Lipinski definition) is 3. The van der Waals surface area contributed by atoms with Gasteiger partial charge >= 0.3 is 0 Å². The molecular formula is C18H26N2O. The maximum absolute atomic E-state index is 6.12. The van der Waals surface area contributed by atoms with Crippen LogP contribution in [0.4, 0.5) is 0 Å². The summed E-state index contributed by atoms with van der Waals surface area (Å²) in [6.45, 7) is 7.41. The van der Waals surface area contributed by atoms with Crippen molar-refractivity contribution in [1.82, 2.24) is 10.2 Å². The Balaban J connectivity index is 1.82. The lowest BCUT2D eigenvalue weighted by molar-refractivity contribution is 0.266. The maximum atomic E-state index is 6.12. The normalized spacial score (nSPS) is 15.5. The summed E-state index contributed by atoms with van der Waals surface area (Å²) in [4.78, 5) is 2.35. The topological polar surface area (TPSA) is 28.4 Å². The van der Waals surface area contributed by atoms with Crippen LogP contribution in [-0.4, -0.2) is 24.5 Å². The standard InChI is InChI=1S/C18H26N2O/c1-13(2)11-20(3)12-18-16(10-19-14-8-9-14)15-6-4-5-7-17(15)21-18/h4-7,13-14,19H,8-12H2,1-3H3. The lowest BCUT2D eigenvalue weighted by Gasteiger charge is -2.18. The molecule has 0 spiro atoms. The van der Waals surface area contributed by atoms with Gasteiger partial charge in [0.2, 0.25) is 0 Å². The molecule has 0 amide bonds. The molecule has 1 aliphatic carbocycles. The van der Waals surface area contributed by atoms with Crippen LogP contribution in [0.25, 0.3) is 11.0 Å². The Morgan fingerprint density at radius 1 is 1.29 bits per heavy atom. The lowest BCUT2D eigenvalue weighted by atomic mass is 10.1. The molecular weight excluding hydrogens is 260 g/mol. The molecule has 2 aromatic rings. The van der Waals surface area contributed by atoms with Gasteiger partial charge in [0.15, 0.2) is 0 Å². The highest BCUT2D eigenvalue weighted by Gasteiger charge is 2.22. The molecule has 0 bridgehead atoms. The third-order valence-corrected chi connectivity index (χ3v) is 4.02. The van der Waals surface area contributed by atoms with Crippen molar-refractivity contribution in [1.29, 1.82) is 0 Å². The summed E-state index contributed by atoms with van der Waals surface area (Å²) in [6.07, 6.45) is 2.64. The summed E-state index contributed by atoms with van der Waals surface area (Å²) in [5, 5.41) is 4.89. The molecule has 1 heterocycles. The Bertz CT molecular complexity index is 598. The summed E-state index contributed by atoms with van der Waals surface area (Å²) in [7, 11) is 2.17. The number of rotatable bonds is 7. The Kier molecular flexibility index (Phi) is 4.32. The first-order chi connectivity index (χ1) is 10.1. The molecule has 1 saturated carbocycles. The second kappa shape index (κ2) is 6.20. The monoisotopic (exact) mass is 286 g/mol. The van der Waals surface area contributed by atoms with E-state index in [1.807, 2.05) is 6.07 Å². The molecule has 3 nitrogen and oxygen atoms in total. The number of furan rings is 1. The molecule has 1 N–H and O–H groups in total. The highest BCUT2D eigenvalue weighted by atomic mass is 16.3. The van der Waals surface area contributed by atoms with Crippen LogP contribution in [0.15, 0.2) is 28.7 Å². The van der Waals surface area contributed by atoms with Crippen molar-refractivity contribution in [2.75, 3.05) is 13.6 Å². The Morgan fingerprint density at radius 2 is 2.05 bits per heavy atom. The summed E-state index contributed by atoms with van der Waals surface area (Å²) >= 11 is 0. The van der Waals surface area contributed by atoms with Crippen LogP contribution in [0.3, 0.4) is 0 Å². The zero-order chi connectivity index (χ0) is 14.8. The minimum Gasteiger partial charge on any atom is -0.459 e. The fourth-order valence-electron chi connectivity index (χ4n) is 2.94. The van der Waals surface area contributed by atoms with Crippen LogP contribution < -0.4 is 5.32 Å². The number of fused-ring (bicyclic) bond motifs is 1. The molecule has 0 radical (unpaired) electrons. The largest absolute Gasteiger partial charge is 0.459 e. The number of hydrogen-bond donors (Lipinski definition) is 1. The summed E-state index contributed by atoms with van der Waals surface area (Å²) < 4.78 is 6.12. The van der Waals surface area contributed by atoms with Crippen molar-refractivity contribution in [2.24, 2.45) is 5.92 Å². The molecule has 0 aliphatic heterocycles. The third kappa shape index (κ3) is 3.66. The average Bonchev–Trinajstić information content (AvgIpc) is 3.18. The van der Waals surface area contributed by atoms with Gasteiger partial charge in [-0.15, -0.1) is 0 Å². The van der Waals surface area contributed by atoms with E-state index < -0.39 is 0 Å². The van der Waals surface area contributed by atoms with E-state index in [4.69, 9.17) is 4.42 Å². The fourth-order valence-corrected chi connectivity index (χ4v) is 2.94. The van der Waals surface area contributed by atoms with Crippen LogP contribution in [0.1, 0.15) is 38.0 Å². The van der Waals surface area contributed by atoms with Crippen LogP contribution in [0.5, 0.6) is 0 Å². The second-order valence-corrected chi connectivity index (χ2v) is 6.75. The molecule has 0 unspecified atom stereocenters. The third-order valence-electron chi connectivity index (χ3n) is 4.02. The Hall–Kier alpha value is -1.32. The van der Waals surface area contributed by atoms with Crippen molar-refractivity contribution < 1.29 is 4.42 Å². The first-order valence-electron chi connectivity index (χ1n) is 8.04. The molecule has 3 rings (SSSR count). The molecule has 1 aromatic carbocycles. The average molecular weight is 286 g/mol. The van der Waals surface area contributed by atoms with Crippen molar-refractivity contribution in [3.05, 3.63) is 35.6 Å². The summed E-state index contributed by atoms with van der Waals surface area (Å²) in [5.74, 6) is 1.79. The van der Waals surface area contributed by atoms with E-state index >= 15 is 0 Å². The maximum Gasteiger partial charge on any atom is 0.134 e.